The molecular formula is C12H18BrN3O3S. The van der Waals surface area contributed by atoms with Gasteiger partial charge in [0.1, 0.15) is 0 Å². The normalized spacial score (nSPS) is 11.3. The van der Waals surface area contributed by atoms with Crippen LogP contribution in [0.2, 0.25) is 0 Å². The number of hydrogen-bond acceptors (Lipinski definition) is 4. The molecule has 1 aromatic carbocycles. The van der Waals surface area contributed by atoms with E-state index in [1.54, 1.807) is 19.2 Å². The average molecular weight is 364 g/mol. The second-order valence-electron chi connectivity index (χ2n) is 4.06. The zero-order chi connectivity index (χ0) is 15.0. The lowest BCUT2D eigenvalue weighted by atomic mass is 10.4. The van der Waals surface area contributed by atoms with Crippen molar-refractivity contribution in [1.29, 1.82) is 0 Å². The zero-order valence-electron chi connectivity index (χ0n) is 11.1. The molecule has 0 radical (unpaired) electrons. The lowest BCUT2D eigenvalue weighted by Crippen LogP contribution is -2.33. The molecule has 0 fully saturated rings. The molecule has 0 aliphatic heterocycles. The number of rotatable bonds is 8. The molecule has 0 heterocycles. The molecule has 0 spiro atoms. The summed E-state index contributed by atoms with van der Waals surface area (Å²) in [6.45, 7) is 1.27. The van der Waals surface area contributed by atoms with Crippen molar-refractivity contribution >= 4 is 31.9 Å². The second-order valence-corrected chi connectivity index (χ2v) is 6.74. The Morgan fingerprint density at radius 1 is 1.25 bits per heavy atom. The Morgan fingerprint density at radius 3 is 2.65 bits per heavy atom. The highest BCUT2D eigenvalue weighted by Gasteiger charge is 2.14. The summed E-state index contributed by atoms with van der Waals surface area (Å²) >= 11 is 3.22. The van der Waals surface area contributed by atoms with Gasteiger partial charge in [-0.3, -0.25) is 4.79 Å². The Bertz CT molecular complexity index is 549. The van der Waals surface area contributed by atoms with Gasteiger partial charge in [-0.05, 0) is 25.2 Å². The number of likely N-dealkylation sites (N-methyl/N-ethyl adjacent to an activating group) is 1. The largest absolute Gasteiger partial charge is 0.355 e. The van der Waals surface area contributed by atoms with Crippen LogP contribution in [0, 0.1) is 0 Å². The highest BCUT2D eigenvalue weighted by molar-refractivity contribution is 9.10. The maximum Gasteiger partial charge on any atom is 0.240 e. The summed E-state index contributed by atoms with van der Waals surface area (Å²) < 4.78 is 27.0. The van der Waals surface area contributed by atoms with Crippen molar-refractivity contribution in [3.8, 4) is 0 Å². The topological polar surface area (TPSA) is 87.3 Å². The SMILES string of the molecule is CNCCNC(=O)CCNS(=O)(=O)c1cccc(Br)c1. The third-order valence-electron chi connectivity index (χ3n) is 2.45. The van der Waals surface area contributed by atoms with Crippen LogP contribution in [0.4, 0.5) is 0 Å². The van der Waals surface area contributed by atoms with E-state index in [0.29, 0.717) is 17.6 Å². The summed E-state index contributed by atoms with van der Waals surface area (Å²) in [6.07, 6.45) is 0.108. The van der Waals surface area contributed by atoms with Crippen molar-refractivity contribution in [3.05, 3.63) is 28.7 Å². The molecular weight excluding hydrogens is 346 g/mol. The Kier molecular flexibility index (Phi) is 7.14. The smallest absolute Gasteiger partial charge is 0.240 e. The molecule has 0 aromatic heterocycles. The van der Waals surface area contributed by atoms with Gasteiger partial charge in [0.2, 0.25) is 15.9 Å². The van der Waals surface area contributed by atoms with E-state index in [2.05, 4.69) is 31.3 Å². The fourth-order valence-corrected chi connectivity index (χ4v) is 3.06. The van der Waals surface area contributed by atoms with E-state index in [9.17, 15) is 13.2 Å². The van der Waals surface area contributed by atoms with Gasteiger partial charge in [-0.15, -0.1) is 0 Å². The quantitative estimate of drug-likeness (QED) is 0.585. The van der Waals surface area contributed by atoms with Crippen molar-refractivity contribution < 1.29 is 13.2 Å². The number of carbonyl (C=O) groups is 1. The van der Waals surface area contributed by atoms with Gasteiger partial charge in [0.05, 0.1) is 4.90 Å². The predicted octanol–water partition coefficient (Wildman–Crippen LogP) is 0.453. The monoisotopic (exact) mass is 363 g/mol. The maximum absolute atomic E-state index is 12.0. The fraction of sp³-hybridized carbons (Fsp3) is 0.417. The number of sulfonamides is 1. The average Bonchev–Trinajstić information content (AvgIpc) is 2.39. The summed E-state index contributed by atoms with van der Waals surface area (Å²) in [5.74, 6) is -0.183. The van der Waals surface area contributed by atoms with Crippen molar-refractivity contribution in [2.45, 2.75) is 11.3 Å². The highest BCUT2D eigenvalue weighted by Crippen LogP contribution is 2.15. The summed E-state index contributed by atoms with van der Waals surface area (Å²) in [6, 6.07) is 6.40. The summed E-state index contributed by atoms with van der Waals surface area (Å²) in [4.78, 5) is 11.6. The Morgan fingerprint density at radius 2 is 2.00 bits per heavy atom. The van der Waals surface area contributed by atoms with Crippen molar-refractivity contribution in [1.82, 2.24) is 15.4 Å². The maximum atomic E-state index is 12.0. The molecule has 0 saturated heterocycles. The molecule has 8 heteroatoms. The van der Waals surface area contributed by atoms with Crippen LogP contribution in [0.15, 0.2) is 33.6 Å². The molecule has 3 N–H and O–H groups in total. The molecule has 1 aromatic rings. The summed E-state index contributed by atoms with van der Waals surface area (Å²) in [7, 11) is -1.79. The Labute approximate surface area is 127 Å². The van der Waals surface area contributed by atoms with E-state index in [0.717, 1.165) is 0 Å². The minimum absolute atomic E-state index is 0.0697. The second kappa shape index (κ2) is 8.35. The van der Waals surface area contributed by atoms with Crippen LogP contribution in [0.5, 0.6) is 0 Å². The van der Waals surface area contributed by atoms with E-state index in [1.807, 2.05) is 0 Å². The summed E-state index contributed by atoms with van der Waals surface area (Å²) in [5.41, 5.74) is 0. The van der Waals surface area contributed by atoms with Crippen molar-refractivity contribution in [2.75, 3.05) is 26.7 Å². The van der Waals surface area contributed by atoms with E-state index < -0.39 is 10.0 Å². The molecule has 112 valence electrons. The number of hydrogen-bond donors (Lipinski definition) is 3. The minimum atomic E-state index is -3.58. The fourth-order valence-electron chi connectivity index (χ4n) is 1.43. The number of amides is 1. The van der Waals surface area contributed by atoms with Gasteiger partial charge < -0.3 is 10.6 Å². The van der Waals surface area contributed by atoms with Gasteiger partial charge in [0.25, 0.3) is 0 Å². The van der Waals surface area contributed by atoms with Gasteiger partial charge in [-0.25, -0.2) is 13.1 Å². The first-order chi connectivity index (χ1) is 9.45. The standard InChI is InChI=1S/C12H18BrN3O3S/c1-14-7-8-15-12(17)5-6-16-20(18,19)11-4-2-3-10(13)9-11/h2-4,9,14,16H,5-8H2,1H3,(H,15,17). The number of nitrogens with one attached hydrogen (secondary N) is 3. The van der Waals surface area contributed by atoms with E-state index in [-0.39, 0.29) is 23.8 Å². The lowest BCUT2D eigenvalue weighted by molar-refractivity contribution is -0.120. The van der Waals surface area contributed by atoms with Gasteiger partial charge in [-0.2, -0.15) is 0 Å². The van der Waals surface area contributed by atoms with E-state index in [1.165, 1.54) is 12.1 Å². The molecule has 0 bridgehead atoms. The van der Waals surface area contributed by atoms with Gasteiger partial charge in [0.15, 0.2) is 0 Å². The third kappa shape index (κ3) is 6.00. The highest BCUT2D eigenvalue weighted by atomic mass is 79.9. The molecule has 6 nitrogen and oxygen atoms in total. The minimum Gasteiger partial charge on any atom is -0.355 e. The first-order valence-corrected chi connectivity index (χ1v) is 8.40. The molecule has 1 rings (SSSR count). The molecule has 0 unspecified atom stereocenters. The van der Waals surface area contributed by atoms with Gasteiger partial charge >= 0.3 is 0 Å². The van der Waals surface area contributed by atoms with Gasteiger partial charge in [-0.1, -0.05) is 22.0 Å². The van der Waals surface area contributed by atoms with Crippen LogP contribution in [-0.2, 0) is 14.8 Å². The van der Waals surface area contributed by atoms with E-state index >= 15 is 0 Å². The molecule has 0 aliphatic carbocycles. The van der Waals surface area contributed by atoms with Crippen LogP contribution in [0.3, 0.4) is 0 Å². The predicted molar refractivity (Wildman–Crippen MR) is 80.9 cm³/mol. The number of benzene rings is 1. The Balaban J connectivity index is 2.43. The van der Waals surface area contributed by atoms with Crippen LogP contribution >= 0.6 is 15.9 Å². The Hall–Kier alpha value is -0.960. The zero-order valence-corrected chi connectivity index (χ0v) is 13.6. The first kappa shape index (κ1) is 17.1. The van der Waals surface area contributed by atoms with Crippen LogP contribution in [0.1, 0.15) is 6.42 Å². The lowest BCUT2D eigenvalue weighted by Gasteiger charge is -2.07. The van der Waals surface area contributed by atoms with Crippen molar-refractivity contribution in [3.63, 3.8) is 0 Å². The summed E-state index contributed by atoms with van der Waals surface area (Å²) in [5, 5.41) is 5.57. The number of halogens is 1. The molecule has 0 atom stereocenters. The molecule has 0 aliphatic rings. The third-order valence-corrected chi connectivity index (χ3v) is 4.40. The van der Waals surface area contributed by atoms with E-state index in [4.69, 9.17) is 0 Å². The van der Waals surface area contributed by atoms with Crippen LogP contribution in [0.25, 0.3) is 0 Å². The van der Waals surface area contributed by atoms with Gasteiger partial charge in [0, 0.05) is 30.5 Å². The first-order valence-electron chi connectivity index (χ1n) is 6.12. The van der Waals surface area contributed by atoms with Crippen molar-refractivity contribution in [2.24, 2.45) is 0 Å². The molecule has 20 heavy (non-hydrogen) atoms. The molecule has 0 saturated carbocycles. The van der Waals surface area contributed by atoms with Crippen LogP contribution in [-0.4, -0.2) is 41.0 Å². The van der Waals surface area contributed by atoms with Crippen LogP contribution < -0.4 is 15.4 Å². The molecule has 1 amide bonds. The number of carbonyl (C=O) groups excluding carboxylic acids is 1.